The largest absolute Gasteiger partial charge is 0.490 e. The Labute approximate surface area is 138 Å². The molecule has 0 amide bonds. The lowest BCUT2D eigenvalue weighted by Gasteiger charge is -2.23. The standard InChI is InChI=1S/C19H27FO3/c1-4-22-18(21)12-19(2,3)10-9-14-7-8-17(16(20)11-14)23-13-15-5-6-15/h7-8,11,15H,4-6,9-10,12-13H2,1-3H3. The fourth-order valence-corrected chi connectivity index (χ4v) is 2.48. The van der Waals surface area contributed by atoms with Crippen molar-refractivity contribution in [1.82, 2.24) is 0 Å². The second kappa shape index (κ2) is 7.80. The van der Waals surface area contributed by atoms with E-state index in [9.17, 15) is 9.18 Å². The van der Waals surface area contributed by atoms with E-state index < -0.39 is 0 Å². The van der Waals surface area contributed by atoms with Crippen molar-refractivity contribution in [1.29, 1.82) is 0 Å². The maximum Gasteiger partial charge on any atom is 0.306 e. The summed E-state index contributed by atoms with van der Waals surface area (Å²) >= 11 is 0. The van der Waals surface area contributed by atoms with Gasteiger partial charge in [0.25, 0.3) is 0 Å². The Kier molecular flexibility index (Phi) is 6.03. The molecule has 1 saturated carbocycles. The average Bonchev–Trinajstić information content (AvgIpc) is 3.28. The highest BCUT2D eigenvalue weighted by molar-refractivity contribution is 5.70. The van der Waals surface area contributed by atoms with Gasteiger partial charge in [-0.25, -0.2) is 4.39 Å². The van der Waals surface area contributed by atoms with Crippen molar-refractivity contribution >= 4 is 5.97 Å². The summed E-state index contributed by atoms with van der Waals surface area (Å²) < 4.78 is 24.6. The molecule has 0 aliphatic heterocycles. The maximum absolute atomic E-state index is 14.1. The van der Waals surface area contributed by atoms with Crippen LogP contribution in [0.1, 0.15) is 52.0 Å². The second-order valence-electron chi connectivity index (χ2n) is 7.17. The summed E-state index contributed by atoms with van der Waals surface area (Å²) in [7, 11) is 0. The van der Waals surface area contributed by atoms with E-state index in [1.54, 1.807) is 19.1 Å². The minimum atomic E-state index is -0.300. The van der Waals surface area contributed by atoms with Gasteiger partial charge in [0.1, 0.15) is 0 Å². The molecule has 0 bridgehead atoms. The lowest BCUT2D eigenvalue weighted by Crippen LogP contribution is -2.19. The van der Waals surface area contributed by atoms with Crippen LogP contribution in [0.15, 0.2) is 18.2 Å². The van der Waals surface area contributed by atoms with Crippen LogP contribution < -0.4 is 4.74 Å². The van der Waals surface area contributed by atoms with Crippen LogP contribution in [0.2, 0.25) is 0 Å². The second-order valence-corrected chi connectivity index (χ2v) is 7.17. The van der Waals surface area contributed by atoms with Gasteiger partial charge >= 0.3 is 5.97 Å². The summed E-state index contributed by atoms with van der Waals surface area (Å²) in [4.78, 5) is 11.6. The van der Waals surface area contributed by atoms with Crippen molar-refractivity contribution in [2.45, 2.75) is 52.9 Å². The maximum atomic E-state index is 14.1. The van der Waals surface area contributed by atoms with Crippen LogP contribution >= 0.6 is 0 Å². The van der Waals surface area contributed by atoms with Crippen molar-refractivity contribution in [3.63, 3.8) is 0 Å². The lowest BCUT2D eigenvalue weighted by molar-refractivity contribution is -0.145. The van der Waals surface area contributed by atoms with E-state index in [4.69, 9.17) is 9.47 Å². The van der Waals surface area contributed by atoms with E-state index in [2.05, 4.69) is 0 Å². The highest BCUT2D eigenvalue weighted by atomic mass is 19.1. The third kappa shape index (κ3) is 6.20. The summed E-state index contributed by atoms with van der Waals surface area (Å²) in [6.07, 6.45) is 4.29. The molecule has 0 unspecified atom stereocenters. The summed E-state index contributed by atoms with van der Waals surface area (Å²) in [6, 6.07) is 5.17. The quantitative estimate of drug-likeness (QED) is 0.627. The van der Waals surface area contributed by atoms with Crippen LogP contribution in [0, 0.1) is 17.2 Å². The number of halogens is 1. The Hall–Kier alpha value is -1.58. The Morgan fingerprint density at radius 1 is 1.35 bits per heavy atom. The average molecular weight is 322 g/mol. The van der Waals surface area contributed by atoms with Crippen molar-refractivity contribution in [3.05, 3.63) is 29.6 Å². The van der Waals surface area contributed by atoms with Crippen molar-refractivity contribution in [3.8, 4) is 5.75 Å². The molecule has 0 N–H and O–H groups in total. The number of hydrogen-bond donors (Lipinski definition) is 0. The molecule has 4 heteroatoms. The van der Waals surface area contributed by atoms with Gasteiger partial charge in [0.2, 0.25) is 0 Å². The first-order chi connectivity index (χ1) is 10.9. The van der Waals surface area contributed by atoms with E-state index in [0.717, 1.165) is 18.4 Å². The summed E-state index contributed by atoms with van der Waals surface area (Å²) in [6.45, 7) is 6.90. The first-order valence-corrected chi connectivity index (χ1v) is 8.46. The monoisotopic (exact) mass is 322 g/mol. The van der Waals surface area contributed by atoms with Crippen LogP contribution in [-0.4, -0.2) is 19.2 Å². The van der Waals surface area contributed by atoms with E-state index in [1.165, 1.54) is 12.8 Å². The highest BCUT2D eigenvalue weighted by Crippen LogP contribution is 2.31. The molecule has 0 atom stereocenters. The molecular formula is C19H27FO3. The normalized spacial score (nSPS) is 14.6. The molecule has 128 valence electrons. The molecule has 3 nitrogen and oxygen atoms in total. The molecule has 0 heterocycles. The van der Waals surface area contributed by atoms with Crippen molar-refractivity contribution < 1.29 is 18.7 Å². The van der Waals surface area contributed by atoms with Gasteiger partial charge in [-0.1, -0.05) is 19.9 Å². The molecule has 1 fully saturated rings. The molecule has 1 aromatic carbocycles. The van der Waals surface area contributed by atoms with Crippen molar-refractivity contribution in [2.24, 2.45) is 11.3 Å². The predicted octanol–water partition coefficient (Wildman–Crippen LogP) is 4.53. The number of hydrogen-bond acceptors (Lipinski definition) is 3. The minimum Gasteiger partial charge on any atom is -0.490 e. The zero-order valence-corrected chi connectivity index (χ0v) is 14.4. The number of ether oxygens (including phenoxy) is 2. The Bertz CT molecular complexity index is 535. The van der Waals surface area contributed by atoms with Gasteiger partial charge in [-0.05, 0) is 61.6 Å². The molecular weight excluding hydrogens is 295 g/mol. The summed E-state index contributed by atoms with van der Waals surface area (Å²) in [5.74, 6) is 0.475. The van der Waals surface area contributed by atoms with Gasteiger partial charge in [0, 0.05) is 0 Å². The predicted molar refractivity (Wildman–Crippen MR) is 88.0 cm³/mol. The molecule has 1 aliphatic carbocycles. The number of carbonyl (C=O) groups excluding carboxylic acids is 1. The SMILES string of the molecule is CCOC(=O)CC(C)(C)CCc1ccc(OCC2CC2)c(F)c1. The zero-order chi connectivity index (χ0) is 16.9. The van der Waals surface area contributed by atoms with E-state index in [-0.39, 0.29) is 17.2 Å². The Morgan fingerprint density at radius 3 is 2.70 bits per heavy atom. The van der Waals surface area contributed by atoms with Gasteiger partial charge in [-0.15, -0.1) is 0 Å². The summed E-state index contributed by atoms with van der Waals surface area (Å²) in [5, 5.41) is 0. The van der Waals surface area contributed by atoms with Crippen LogP contribution in [-0.2, 0) is 16.0 Å². The number of esters is 1. The fourth-order valence-electron chi connectivity index (χ4n) is 2.48. The van der Waals surface area contributed by atoms with Gasteiger partial charge in [0.05, 0.1) is 19.6 Å². The van der Waals surface area contributed by atoms with Gasteiger partial charge < -0.3 is 9.47 Å². The molecule has 0 saturated heterocycles. The number of rotatable bonds is 9. The molecule has 2 rings (SSSR count). The molecule has 1 aliphatic rings. The van der Waals surface area contributed by atoms with Gasteiger partial charge in [-0.3, -0.25) is 4.79 Å². The molecule has 0 spiro atoms. The molecule has 0 aromatic heterocycles. The van der Waals surface area contributed by atoms with Crippen LogP contribution in [0.3, 0.4) is 0 Å². The third-order valence-corrected chi connectivity index (χ3v) is 4.19. The summed E-state index contributed by atoms with van der Waals surface area (Å²) in [5.41, 5.74) is 0.766. The fraction of sp³-hybridized carbons (Fsp3) is 0.632. The van der Waals surface area contributed by atoms with Gasteiger partial charge in [0.15, 0.2) is 11.6 Å². The first kappa shape index (κ1) is 17.8. The Balaban J connectivity index is 1.84. The topological polar surface area (TPSA) is 35.5 Å². The van der Waals surface area contributed by atoms with Gasteiger partial charge in [-0.2, -0.15) is 0 Å². The Morgan fingerprint density at radius 2 is 2.09 bits per heavy atom. The minimum absolute atomic E-state index is 0.163. The number of carbonyl (C=O) groups is 1. The van der Waals surface area contributed by atoms with Crippen LogP contribution in [0.5, 0.6) is 5.75 Å². The van der Waals surface area contributed by atoms with E-state index in [0.29, 0.717) is 31.3 Å². The lowest BCUT2D eigenvalue weighted by atomic mass is 9.83. The first-order valence-electron chi connectivity index (χ1n) is 8.46. The van der Waals surface area contributed by atoms with Crippen molar-refractivity contribution in [2.75, 3.05) is 13.2 Å². The highest BCUT2D eigenvalue weighted by Gasteiger charge is 2.24. The molecule has 0 radical (unpaired) electrons. The molecule has 1 aromatic rings. The third-order valence-electron chi connectivity index (χ3n) is 4.19. The van der Waals surface area contributed by atoms with E-state index >= 15 is 0 Å². The van der Waals surface area contributed by atoms with Crippen LogP contribution in [0.4, 0.5) is 4.39 Å². The molecule has 23 heavy (non-hydrogen) atoms. The smallest absolute Gasteiger partial charge is 0.306 e. The van der Waals surface area contributed by atoms with E-state index in [1.807, 2.05) is 19.9 Å². The van der Waals surface area contributed by atoms with Crippen LogP contribution in [0.25, 0.3) is 0 Å². The number of benzene rings is 1. The zero-order valence-electron chi connectivity index (χ0n) is 14.4. The number of aryl methyl sites for hydroxylation is 1.